The van der Waals surface area contributed by atoms with Crippen LogP contribution in [0.4, 0.5) is 0 Å². The molecule has 0 aromatic carbocycles. The van der Waals surface area contributed by atoms with Gasteiger partial charge in [-0.1, -0.05) is 73.1 Å². The van der Waals surface area contributed by atoms with E-state index in [2.05, 4.69) is 39.2 Å². The molecule has 0 aliphatic rings. The first-order chi connectivity index (χ1) is 12.3. The van der Waals surface area contributed by atoms with Gasteiger partial charge in [0.1, 0.15) is 5.84 Å². The van der Waals surface area contributed by atoms with Crippen LogP contribution >= 0.6 is 0 Å². The van der Waals surface area contributed by atoms with Crippen LogP contribution in [0.15, 0.2) is 42.1 Å². The highest BCUT2D eigenvalue weighted by atomic mass is 16.1. The van der Waals surface area contributed by atoms with Gasteiger partial charge in [0.15, 0.2) is 5.78 Å². The highest BCUT2D eigenvalue weighted by molar-refractivity contribution is 5.94. The summed E-state index contributed by atoms with van der Waals surface area (Å²) in [7, 11) is 0. The number of amidine groups is 1. The van der Waals surface area contributed by atoms with Gasteiger partial charge in [-0.3, -0.25) is 9.79 Å². The number of ketones is 1. The summed E-state index contributed by atoms with van der Waals surface area (Å²) < 4.78 is 0. The van der Waals surface area contributed by atoms with Crippen LogP contribution < -0.4 is 5.32 Å². The lowest BCUT2D eigenvalue weighted by Gasteiger charge is -2.18. The number of allylic oxidation sites excluding steroid dienone is 3. The standard InChI is InChI=1S/C17H32N2.C4H6O.C2H6/c1-7-10-12-16(13-15(6)9-3)19-17(11-8-2)18-14(4)5;1-3-4(2)5;1-2/h8,11,15-16H,4,7,9-10,12-13H2,1-3,5-6H3,(H,18,19);3H,1H2,2H3;1-2H3/b11-8-;;. The van der Waals surface area contributed by atoms with Crippen molar-refractivity contribution in [3.8, 4) is 0 Å². The lowest BCUT2D eigenvalue weighted by Crippen LogP contribution is -2.22. The number of carbonyl (C=O) groups excluding carboxylic acids is 1. The quantitative estimate of drug-likeness (QED) is 0.261. The van der Waals surface area contributed by atoms with Gasteiger partial charge < -0.3 is 5.32 Å². The average Bonchev–Trinajstić information content (AvgIpc) is 2.61. The van der Waals surface area contributed by atoms with Crippen molar-refractivity contribution in [2.45, 2.75) is 93.5 Å². The maximum Gasteiger partial charge on any atom is 0.152 e. The van der Waals surface area contributed by atoms with E-state index in [0.717, 1.165) is 17.5 Å². The molecule has 3 nitrogen and oxygen atoms in total. The fourth-order valence-corrected chi connectivity index (χ4v) is 2.00. The maximum atomic E-state index is 9.69. The number of carbonyl (C=O) groups is 1. The molecule has 3 heteroatoms. The third kappa shape index (κ3) is 22.4. The average molecular weight is 365 g/mol. The molecular weight excluding hydrogens is 320 g/mol. The fraction of sp³-hybridized carbons (Fsp3) is 0.652. The molecule has 0 aliphatic heterocycles. The van der Waals surface area contributed by atoms with Gasteiger partial charge in [0.25, 0.3) is 0 Å². The Morgan fingerprint density at radius 2 is 1.77 bits per heavy atom. The Labute approximate surface area is 163 Å². The Morgan fingerprint density at radius 1 is 1.23 bits per heavy atom. The molecule has 1 N–H and O–H groups in total. The number of hydrogen-bond donors (Lipinski definition) is 1. The first kappa shape index (κ1) is 29.1. The third-order valence-corrected chi connectivity index (χ3v) is 3.54. The van der Waals surface area contributed by atoms with Crippen LogP contribution in [-0.2, 0) is 4.79 Å². The second kappa shape index (κ2) is 21.4. The highest BCUT2D eigenvalue weighted by Crippen LogP contribution is 2.17. The molecule has 0 aliphatic carbocycles. The first-order valence-corrected chi connectivity index (χ1v) is 10.1. The summed E-state index contributed by atoms with van der Waals surface area (Å²) in [5.41, 5.74) is 0.939. The van der Waals surface area contributed by atoms with Crippen LogP contribution in [0, 0.1) is 5.92 Å². The molecule has 0 spiro atoms. The van der Waals surface area contributed by atoms with Gasteiger partial charge in [0.2, 0.25) is 0 Å². The molecule has 2 unspecified atom stereocenters. The molecule has 0 saturated carbocycles. The van der Waals surface area contributed by atoms with Gasteiger partial charge in [-0.2, -0.15) is 0 Å². The number of nitrogens with one attached hydrogen (secondary N) is 1. The van der Waals surface area contributed by atoms with Crippen molar-refractivity contribution in [1.82, 2.24) is 5.32 Å². The molecule has 0 amide bonds. The molecule has 0 saturated heterocycles. The summed E-state index contributed by atoms with van der Waals surface area (Å²) in [6, 6.07) is 0.424. The molecule has 2 atom stereocenters. The van der Waals surface area contributed by atoms with Gasteiger partial charge in [-0.05, 0) is 51.7 Å². The number of nitrogens with zero attached hydrogens (tertiary/aromatic N) is 1. The monoisotopic (exact) mass is 364 g/mol. The predicted molar refractivity (Wildman–Crippen MR) is 120 cm³/mol. The van der Waals surface area contributed by atoms with Crippen LogP contribution in [0.25, 0.3) is 0 Å². The number of aliphatic imine (C=N–C) groups is 1. The molecule has 152 valence electrons. The van der Waals surface area contributed by atoms with Gasteiger partial charge in [0, 0.05) is 5.70 Å². The maximum absolute atomic E-state index is 9.69. The SMILES string of the molecule is C=C(C)NC(/C=C\C)=NC(CCCC)CC(C)CC.C=CC(C)=O.CC. The molecule has 0 heterocycles. The lowest BCUT2D eigenvalue weighted by molar-refractivity contribution is -0.112. The van der Waals surface area contributed by atoms with Crippen molar-refractivity contribution >= 4 is 11.6 Å². The number of rotatable bonds is 10. The van der Waals surface area contributed by atoms with E-state index in [1.165, 1.54) is 45.1 Å². The summed E-state index contributed by atoms with van der Waals surface area (Å²) in [6.07, 6.45) is 11.4. The van der Waals surface area contributed by atoms with Crippen LogP contribution in [0.2, 0.25) is 0 Å². The van der Waals surface area contributed by atoms with E-state index < -0.39 is 0 Å². The topological polar surface area (TPSA) is 41.5 Å². The zero-order chi connectivity index (χ0) is 21.0. The van der Waals surface area contributed by atoms with Crippen LogP contribution in [0.3, 0.4) is 0 Å². The largest absolute Gasteiger partial charge is 0.345 e. The molecule has 0 fully saturated rings. The first-order valence-electron chi connectivity index (χ1n) is 10.1. The van der Waals surface area contributed by atoms with E-state index in [-0.39, 0.29) is 5.78 Å². The molecule has 26 heavy (non-hydrogen) atoms. The minimum Gasteiger partial charge on any atom is -0.345 e. The van der Waals surface area contributed by atoms with Crippen molar-refractivity contribution in [2.75, 3.05) is 0 Å². The normalized spacial score (nSPS) is 12.8. The second-order valence-electron chi connectivity index (χ2n) is 6.28. The van der Waals surface area contributed by atoms with Crippen LogP contribution in [0.1, 0.15) is 87.5 Å². The Balaban J connectivity index is -0.000000645. The summed E-state index contributed by atoms with van der Waals surface area (Å²) in [5.74, 6) is 1.70. The predicted octanol–water partition coefficient (Wildman–Crippen LogP) is 6.87. The zero-order valence-electron chi connectivity index (χ0n) is 18.7. The highest BCUT2D eigenvalue weighted by Gasteiger charge is 2.11. The smallest absolute Gasteiger partial charge is 0.152 e. The Bertz CT molecular complexity index is 422. The Hall–Kier alpha value is -1.64. The summed E-state index contributed by atoms with van der Waals surface area (Å²) in [5, 5.41) is 3.25. The summed E-state index contributed by atoms with van der Waals surface area (Å²) in [4.78, 5) is 14.6. The van der Waals surface area contributed by atoms with E-state index in [4.69, 9.17) is 4.99 Å². The van der Waals surface area contributed by atoms with Crippen molar-refractivity contribution < 1.29 is 4.79 Å². The Kier molecular flexibility index (Phi) is 24.0. The van der Waals surface area contributed by atoms with E-state index >= 15 is 0 Å². The zero-order valence-corrected chi connectivity index (χ0v) is 18.7. The van der Waals surface area contributed by atoms with E-state index in [9.17, 15) is 4.79 Å². The summed E-state index contributed by atoms with van der Waals surface area (Å²) >= 11 is 0. The van der Waals surface area contributed by atoms with Crippen LogP contribution in [0.5, 0.6) is 0 Å². The van der Waals surface area contributed by atoms with E-state index in [1.54, 1.807) is 0 Å². The molecule has 0 radical (unpaired) electrons. The van der Waals surface area contributed by atoms with Crippen molar-refractivity contribution in [3.63, 3.8) is 0 Å². The molecule has 0 rings (SSSR count). The van der Waals surface area contributed by atoms with Gasteiger partial charge >= 0.3 is 0 Å². The van der Waals surface area contributed by atoms with Gasteiger partial charge in [0.05, 0.1) is 6.04 Å². The lowest BCUT2D eigenvalue weighted by atomic mass is 9.96. The van der Waals surface area contributed by atoms with Gasteiger partial charge in [-0.25, -0.2) is 0 Å². The molecular formula is C23H44N2O. The fourth-order valence-electron chi connectivity index (χ4n) is 2.00. The third-order valence-electron chi connectivity index (χ3n) is 3.54. The number of hydrogen-bond acceptors (Lipinski definition) is 2. The molecule has 0 aromatic heterocycles. The minimum absolute atomic E-state index is 0.0185. The number of unbranched alkanes of at least 4 members (excludes halogenated alkanes) is 1. The second-order valence-corrected chi connectivity index (χ2v) is 6.28. The van der Waals surface area contributed by atoms with E-state index in [1.807, 2.05) is 39.8 Å². The van der Waals surface area contributed by atoms with E-state index in [0.29, 0.717) is 6.04 Å². The van der Waals surface area contributed by atoms with Crippen molar-refractivity contribution in [1.29, 1.82) is 0 Å². The summed E-state index contributed by atoms with van der Waals surface area (Å²) in [6.45, 7) is 23.4. The van der Waals surface area contributed by atoms with Gasteiger partial charge in [-0.15, -0.1) is 0 Å². The van der Waals surface area contributed by atoms with Crippen molar-refractivity contribution in [2.24, 2.45) is 10.9 Å². The molecule has 0 aromatic rings. The Morgan fingerprint density at radius 3 is 2.12 bits per heavy atom. The van der Waals surface area contributed by atoms with Crippen molar-refractivity contribution in [3.05, 3.63) is 37.1 Å². The molecule has 0 bridgehead atoms. The minimum atomic E-state index is 0.0185. The van der Waals surface area contributed by atoms with Crippen LogP contribution in [-0.4, -0.2) is 17.7 Å².